The maximum atomic E-state index is 11.5. The lowest BCUT2D eigenvalue weighted by atomic mass is 9.98. The predicted octanol–water partition coefficient (Wildman–Crippen LogP) is 2.59. The van der Waals surface area contributed by atoms with Gasteiger partial charge in [0.1, 0.15) is 5.82 Å². The molecule has 26 heavy (non-hydrogen) atoms. The van der Waals surface area contributed by atoms with E-state index >= 15 is 0 Å². The molecule has 6 heteroatoms. The molecule has 0 atom stereocenters. The van der Waals surface area contributed by atoms with Crippen LogP contribution in [0.1, 0.15) is 15.9 Å². The number of anilines is 2. The maximum absolute atomic E-state index is 11.5. The van der Waals surface area contributed by atoms with Crippen molar-refractivity contribution in [3.63, 3.8) is 0 Å². The molecule has 0 spiro atoms. The number of hydrogen-bond acceptors (Lipinski definition) is 4. The summed E-state index contributed by atoms with van der Waals surface area (Å²) in [5.74, 6) is -0.0703. The van der Waals surface area contributed by atoms with E-state index in [2.05, 4.69) is 10.3 Å². The standard InChI is InChI=1S/C20H16N4O2/c21-19-16(11-1-3-12(4-2-11)20(22)26)8-15(10-23-19)13-5-6-17-14(7-13)9-18(25)24-17/h1-8,10H,9H2,(H2,21,23)(H2,22,26)(H,24,25). The summed E-state index contributed by atoms with van der Waals surface area (Å²) >= 11 is 0. The smallest absolute Gasteiger partial charge is 0.248 e. The summed E-state index contributed by atoms with van der Waals surface area (Å²) in [5.41, 5.74) is 17.1. The van der Waals surface area contributed by atoms with Crippen LogP contribution < -0.4 is 16.8 Å². The molecule has 128 valence electrons. The van der Waals surface area contributed by atoms with Crippen LogP contribution in [0.25, 0.3) is 22.3 Å². The third-order valence-corrected chi connectivity index (χ3v) is 4.46. The van der Waals surface area contributed by atoms with Crippen LogP contribution in [-0.4, -0.2) is 16.8 Å². The molecule has 6 nitrogen and oxygen atoms in total. The number of amides is 2. The lowest BCUT2D eigenvalue weighted by Gasteiger charge is -2.10. The molecule has 1 aromatic heterocycles. The van der Waals surface area contributed by atoms with Gasteiger partial charge in [-0.3, -0.25) is 9.59 Å². The van der Waals surface area contributed by atoms with Crippen LogP contribution in [0.15, 0.2) is 54.7 Å². The highest BCUT2D eigenvalue weighted by Crippen LogP contribution is 2.32. The first-order chi connectivity index (χ1) is 12.5. The Kier molecular flexibility index (Phi) is 3.65. The van der Waals surface area contributed by atoms with Crippen molar-refractivity contribution in [1.29, 1.82) is 0 Å². The fraction of sp³-hybridized carbons (Fsp3) is 0.0500. The van der Waals surface area contributed by atoms with E-state index in [0.717, 1.165) is 33.5 Å². The van der Waals surface area contributed by atoms with Gasteiger partial charge in [0.15, 0.2) is 0 Å². The van der Waals surface area contributed by atoms with Crippen molar-refractivity contribution in [3.8, 4) is 22.3 Å². The topological polar surface area (TPSA) is 111 Å². The molecule has 0 saturated heterocycles. The molecule has 0 saturated carbocycles. The van der Waals surface area contributed by atoms with E-state index in [1.54, 1.807) is 30.5 Å². The Hall–Kier alpha value is -3.67. The molecule has 2 heterocycles. The highest BCUT2D eigenvalue weighted by Gasteiger charge is 2.18. The molecule has 1 aliphatic rings. The highest BCUT2D eigenvalue weighted by atomic mass is 16.2. The Labute approximate surface area is 149 Å². The third-order valence-electron chi connectivity index (χ3n) is 4.46. The number of aromatic nitrogens is 1. The second-order valence-electron chi connectivity index (χ2n) is 6.20. The number of hydrogen-bond donors (Lipinski definition) is 3. The summed E-state index contributed by atoms with van der Waals surface area (Å²) in [5, 5.41) is 2.82. The number of nitrogen functional groups attached to an aromatic ring is 1. The lowest BCUT2D eigenvalue weighted by molar-refractivity contribution is -0.115. The summed E-state index contributed by atoms with van der Waals surface area (Å²) in [6.07, 6.45) is 2.09. The van der Waals surface area contributed by atoms with Crippen LogP contribution in [-0.2, 0) is 11.2 Å². The van der Waals surface area contributed by atoms with Gasteiger partial charge in [-0.25, -0.2) is 4.98 Å². The Balaban J connectivity index is 1.74. The minimum absolute atomic E-state index is 0.00260. The Morgan fingerprint density at radius 3 is 2.46 bits per heavy atom. The van der Waals surface area contributed by atoms with Crippen LogP contribution in [0.2, 0.25) is 0 Å². The molecule has 0 aliphatic carbocycles. The van der Waals surface area contributed by atoms with Crippen LogP contribution in [0.3, 0.4) is 0 Å². The van der Waals surface area contributed by atoms with Crippen LogP contribution in [0, 0.1) is 0 Å². The monoisotopic (exact) mass is 344 g/mol. The Morgan fingerprint density at radius 1 is 1.00 bits per heavy atom. The van der Waals surface area contributed by atoms with E-state index in [9.17, 15) is 9.59 Å². The van der Waals surface area contributed by atoms with Gasteiger partial charge in [-0.15, -0.1) is 0 Å². The Morgan fingerprint density at radius 2 is 1.73 bits per heavy atom. The zero-order valence-electron chi connectivity index (χ0n) is 13.8. The first-order valence-corrected chi connectivity index (χ1v) is 8.10. The van der Waals surface area contributed by atoms with E-state index in [1.807, 2.05) is 24.3 Å². The second-order valence-corrected chi connectivity index (χ2v) is 6.20. The number of pyridine rings is 1. The first-order valence-electron chi connectivity index (χ1n) is 8.10. The highest BCUT2D eigenvalue weighted by molar-refractivity contribution is 5.99. The van der Waals surface area contributed by atoms with Crippen LogP contribution in [0.5, 0.6) is 0 Å². The number of fused-ring (bicyclic) bond motifs is 1. The van der Waals surface area contributed by atoms with Gasteiger partial charge in [0.2, 0.25) is 11.8 Å². The van der Waals surface area contributed by atoms with Crippen molar-refractivity contribution >= 4 is 23.3 Å². The third kappa shape index (κ3) is 2.77. The van der Waals surface area contributed by atoms with Gasteiger partial charge in [0, 0.05) is 28.6 Å². The van der Waals surface area contributed by atoms with E-state index in [0.29, 0.717) is 17.8 Å². The maximum Gasteiger partial charge on any atom is 0.248 e. The van der Waals surface area contributed by atoms with E-state index in [1.165, 1.54) is 0 Å². The molecular weight excluding hydrogens is 328 g/mol. The predicted molar refractivity (Wildman–Crippen MR) is 100 cm³/mol. The molecule has 0 unspecified atom stereocenters. The fourth-order valence-electron chi connectivity index (χ4n) is 3.09. The molecule has 2 aromatic carbocycles. The van der Waals surface area contributed by atoms with Crippen molar-refractivity contribution in [2.45, 2.75) is 6.42 Å². The van der Waals surface area contributed by atoms with Crippen molar-refractivity contribution < 1.29 is 9.59 Å². The number of nitrogens with zero attached hydrogens (tertiary/aromatic N) is 1. The van der Waals surface area contributed by atoms with Gasteiger partial charge in [-0.05, 0) is 47.0 Å². The normalized spacial score (nSPS) is 12.5. The van der Waals surface area contributed by atoms with Gasteiger partial charge < -0.3 is 16.8 Å². The van der Waals surface area contributed by atoms with Gasteiger partial charge in [0.25, 0.3) is 0 Å². The molecule has 5 N–H and O–H groups in total. The summed E-state index contributed by atoms with van der Waals surface area (Å²) in [7, 11) is 0. The molecule has 0 bridgehead atoms. The zero-order valence-corrected chi connectivity index (χ0v) is 13.8. The van der Waals surface area contributed by atoms with Crippen molar-refractivity contribution in [1.82, 2.24) is 4.98 Å². The molecule has 3 aromatic rings. The number of nitrogens with one attached hydrogen (secondary N) is 1. The lowest BCUT2D eigenvalue weighted by Crippen LogP contribution is -2.10. The number of benzene rings is 2. The van der Waals surface area contributed by atoms with Gasteiger partial charge in [-0.2, -0.15) is 0 Å². The quantitative estimate of drug-likeness (QED) is 0.678. The number of rotatable bonds is 3. The molecule has 1 aliphatic heterocycles. The van der Waals surface area contributed by atoms with E-state index in [-0.39, 0.29) is 5.91 Å². The molecule has 4 rings (SSSR count). The van der Waals surface area contributed by atoms with E-state index in [4.69, 9.17) is 11.5 Å². The van der Waals surface area contributed by atoms with Gasteiger partial charge in [-0.1, -0.05) is 18.2 Å². The van der Waals surface area contributed by atoms with Crippen molar-refractivity contribution in [2.24, 2.45) is 5.73 Å². The number of carbonyl (C=O) groups is 2. The molecule has 0 fully saturated rings. The summed E-state index contributed by atoms with van der Waals surface area (Å²) in [6, 6.07) is 14.7. The van der Waals surface area contributed by atoms with E-state index < -0.39 is 5.91 Å². The SMILES string of the molecule is NC(=O)c1ccc(-c2cc(-c3ccc4c(c3)CC(=O)N4)cnc2N)cc1. The number of nitrogens with two attached hydrogens (primary N) is 2. The van der Waals surface area contributed by atoms with Gasteiger partial charge in [0.05, 0.1) is 6.42 Å². The van der Waals surface area contributed by atoms with Crippen molar-refractivity contribution in [3.05, 3.63) is 65.9 Å². The fourth-order valence-corrected chi connectivity index (χ4v) is 3.09. The molecular formula is C20H16N4O2. The average Bonchev–Trinajstić information content (AvgIpc) is 3.01. The van der Waals surface area contributed by atoms with Crippen LogP contribution >= 0.6 is 0 Å². The number of carbonyl (C=O) groups excluding carboxylic acids is 2. The van der Waals surface area contributed by atoms with Crippen molar-refractivity contribution in [2.75, 3.05) is 11.1 Å². The molecule has 2 amide bonds. The first kappa shape index (κ1) is 15.8. The average molecular weight is 344 g/mol. The molecule has 0 radical (unpaired) electrons. The summed E-state index contributed by atoms with van der Waals surface area (Å²) < 4.78 is 0. The zero-order chi connectivity index (χ0) is 18.3. The largest absolute Gasteiger partial charge is 0.383 e. The summed E-state index contributed by atoms with van der Waals surface area (Å²) in [6.45, 7) is 0. The van der Waals surface area contributed by atoms with Crippen LogP contribution in [0.4, 0.5) is 11.5 Å². The minimum Gasteiger partial charge on any atom is -0.383 e. The minimum atomic E-state index is -0.474. The Bertz CT molecular complexity index is 1040. The summed E-state index contributed by atoms with van der Waals surface area (Å²) in [4.78, 5) is 27.1. The number of primary amides is 1. The van der Waals surface area contributed by atoms with Gasteiger partial charge >= 0.3 is 0 Å². The second kappa shape index (κ2) is 6.00.